The zero-order valence-corrected chi connectivity index (χ0v) is 35.8. The van der Waals surface area contributed by atoms with Crippen LogP contribution in [0.15, 0.2) is 0 Å². The molecule has 1 aliphatic rings. The normalized spacial score (nSPS) is 17.4. The van der Waals surface area contributed by atoms with Crippen LogP contribution >= 0.6 is 7.82 Å². The van der Waals surface area contributed by atoms with Crippen LogP contribution in [-0.2, 0) is 37.4 Å². The maximum atomic E-state index is 12.7. The highest BCUT2D eigenvalue weighted by molar-refractivity contribution is 7.45. The highest BCUT2D eigenvalue weighted by Crippen LogP contribution is 2.38. The molecule has 0 aliphatic carbocycles. The molecule has 0 radical (unpaired) electrons. The van der Waals surface area contributed by atoms with Crippen LogP contribution in [0.3, 0.4) is 0 Å². The Hall–Kier alpha value is -1.03. The van der Waals surface area contributed by atoms with Gasteiger partial charge in [0.15, 0.2) is 6.10 Å². The van der Waals surface area contributed by atoms with E-state index in [9.17, 15) is 19.0 Å². The zero-order chi connectivity index (χ0) is 39.0. The molecule has 53 heavy (non-hydrogen) atoms. The lowest BCUT2D eigenvalue weighted by Crippen LogP contribution is -2.37. The van der Waals surface area contributed by atoms with E-state index in [2.05, 4.69) is 13.8 Å². The van der Waals surface area contributed by atoms with E-state index in [1.165, 1.54) is 122 Å². The van der Waals surface area contributed by atoms with Crippen molar-refractivity contribution in [3.8, 4) is 0 Å². The smallest absolute Gasteiger partial charge is 0.306 e. The molecule has 0 amide bonds. The minimum Gasteiger partial charge on any atom is -0.756 e. The second kappa shape index (κ2) is 32.1. The monoisotopic (exact) mass is 776 g/mol. The van der Waals surface area contributed by atoms with Gasteiger partial charge in [-0.1, -0.05) is 155 Å². The van der Waals surface area contributed by atoms with E-state index in [0.717, 1.165) is 38.5 Å². The minimum atomic E-state index is -4.62. The summed E-state index contributed by atoms with van der Waals surface area (Å²) in [6.07, 6.45) is 31.4. The first kappa shape index (κ1) is 50.0. The molecule has 0 N–H and O–H groups in total. The molecule has 1 fully saturated rings. The molecule has 1 saturated heterocycles. The highest BCUT2D eigenvalue weighted by atomic mass is 31.2. The highest BCUT2D eigenvalue weighted by Gasteiger charge is 2.36. The third kappa shape index (κ3) is 32.9. The van der Waals surface area contributed by atoms with Crippen LogP contribution in [0.5, 0.6) is 0 Å². The Labute approximate surface area is 325 Å². The second-order valence-electron chi connectivity index (χ2n) is 16.5. The summed E-state index contributed by atoms with van der Waals surface area (Å²) >= 11 is 0. The van der Waals surface area contributed by atoms with Gasteiger partial charge in [0, 0.05) is 12.8 Å². The maximum Gasteiger partial charge on any atom is 0.306 e. The van der Waals surface area contributed by atoms with Gasteiger partial charge in [-0.2, -0.15) is 0 Å². The van der Waals surface area contributed by atoms with E-state index in [-0.39, 0.29) is 32.0 Å². The molecule has 0 saturated carbocycles. The lowest BCUT2D eigenvalue weighted by atomic mass is 10.0. The number of quaternary nitrogens is 1. The number of phosphoric acid groups is 1. The number of phosphoric ester groups is 1. The van der Waals surface area contributed by atoms with Gasteiger partial charge in [0.2, 0.25) is 0 Å². The number of epoxide rings is 1. The molecule has 0 spiro atoms. The third-order valence-corrected chi connectivity index (χ3v) is 11.0. The predicted molar refractivity (Wildman–Crippen MR) is 213 cm³/mol. The zero-order valence-electron chi connectivity index (χ0n) is 34.9. The molecule has 1 heterocycles. The molecule has 4 unspecified atom stereocenters. The molecule has 0 aromatic heterocycles. The Balaban J connectivity index is 2.27. The van der Waals surface area contributed by atoms with E-state index in [1.54, 1.807) is 0 Å². The number of ether oxygens (including phenoxy) is 3. The van der Waals surface area contributed by atoms with Crippen LogP contribution in [0.1, 0.15) is 194 Å². The Kier molecular flexibility index (Phi) is 30.3. The summed E-state index contributed by atoms with van der Waals surface area (Å²) in [5.74, 6) is -0.836. The maximum absolute atomic E-state index is 12.7. The van der Waals surface area contributed by atoms with Gasteiger partial charge in [-0.15, -0.1) is 0 Å². The fraction of sp³-hybridized carbons (Fsp3) is 0.952. The van der Waals surface area contributed by atoms with Crippen LogP contribution in [0, 0.1) is 0 Å². The van der Waals surface area contributed by atoms with Gasteiger partial charge in [0.1, 0.15) is 19.8 Å². The molecule has 0 aromatic carbocycles. The molecule has 0 bridgehead atoms. The summed E-state index contributed by atoms with van der Waals surface area (Å²) < 4.78 is 39.7. The Morgan fingerprint density at radius 2 is 1.02 bits per heavy atom. The predicted octanol–water partition coefficient (Wildman–Crippen LogP) is 10.4. The van der Waals surface area contributed by atoms with Crippen LogP contribution in [0.25, 0.3) is 0 Å². The van der Waals surface area contributed by atoms with E-state index >= 15 is 0 Å². The molecule has 314 valence electrons. The number of unbranched alkanes of at least 4 members (excludes halogenated alkanes) is 21. The van der Waals surface area contributed by atoms with Gasteiger partial charge in [-0.05, 0) is 25.7 Å². The Bertz CT molecular complexity index is 944. The van der Waals surface area contributed by atoms with E-state index in [1.807, 2.05) is 21.1 Å². The number of carbonyl (C=O) groups is 2. The van der Waals surface area contributed by atoms with Crippen LogP contribution in [0.4, 0.5) is 0 Å². The summed E-state index contributed by atoms with van der Waals surface area (Å²) in [6, 6.07) is 0. The summed E-state index contributed by atoms with van der Waals surface area (Å²) in [6.45, 7) is 4.21. The molecule has 1 rings (SSSR count). The molecular formula is C42H82NO9P. The number of nitrogens with zero attached hydrogens (tertiary/aromatic N) is 1. The number of hydrogen-bond acceptors (Lipinski definition) is 9. The van der Waals surface area contributed by atoms with Crippen molar-refractivity contribution in [2.45, 2.75) is 212 Å². The van der Waals surface area contributed by atoms with E-state index < -0.39 is 26.5 Å². The van der Waals surface area contributed by atoms with Gasteiger partial charge in [-0.25, -0.2) is 0 Å². The third-order valence-electron chi connectivity index (χ3n) is 10.0. The van der Waals surface area contributed by atoms with Crippen LogP contribution < -0.4 is 4.89 Å². The number of hydrogen-bond donors (Lipinski definition) is 0. The fourth-order valence-corrected chi connectivity index (χ4v) is 7.23. The SMILES string of the molecule is CCCCCCCCCCCCCCCC(=O)OCC(COP(=O)([O-])OCC[N+](C)(C)C)OC(=O)CCCCCCCCCC1OC1CCCCCC. The molecule has 1 aliphatic heterocycles. The topological polar surface area (TPSA) is 124 Å². The van der Waals surface area contributed by atoms with Crippen molar-refractivity contribution in [2.75, 3.05) is 47.5 Å². The largest absolute Gasteiger partial charge is 0.756 e. The lowest BCUT2D eigenvalue weighted by Gasteiger charge is -2.28. The van der Waals surface area contributed by atoms with Crippen molar-refractivity contribution in [1.29, 1.82) is 0 Å². The minimum absolute atomic E-state index is 0.0303. The first-order valence-electron chi connectivity index (χ1n) is 21.9. The summed E-state index contributed by atoms with van der Waals surface area (Å²) in [4.78, 5) is 37.5. The summed E-state index contributed by atoms with van der Waals surface area (Å²) in [5.41, 5.74) is 0. The summed E-state index contributed by atoms with van der Waals surface area (Å²) in [5, 5.41) is 0. The van der Waals surface area contributed by atoms with Crippen molar-refractivity contribution in [1.82, 2.24) is 0 Å². The van der Waals surface area contributed by atoms with Crippen LogP contribution in [0.2, 0.25) is 0 Å². The van der Waals surface area contributed by atoms with Gasteiger partial charge in [0.25, 0.3) is 7.82 Å². The molecular weight excluding hydrogens is 693 g/mol. The Morgan fingerprint density at radius 3 is 1.49 bits per heavy atom. The Morgan fingerprint density at radius 1 is 0.604 bits per heavy atom. The van der Waals surface area contributed by atoms with E-state index in [0.29, 0.717) is 29.7 Å². The van der Waals surface area contributed by atoms with Gasteiger partial charge >= 0.3 is 11.9 Å². The second-order valence-corrected chi connectivity index (χ2v) is 17.9. The molecule has 10 nitrogen and oxygen atoms in total. The number of likely N-dealkylation sites (N-methyl/N-ethyl adjacent to an activating group) is 1. The fourth-order valence-electron chi connectivity index (χ4n) is 6.50. The van der Waals surface area contributed by atoms with E-state index in [4.69, 9.17) is 23.3 Å². The molecule has 4 atom stereocenters. The number of esters is 2. The van der Waals surface area contributed by atoms with Gasteiger partial charge < -0.3 is 32.6 Å². The van der Waals surface area contributed by atoms with Gasteiger partial charge in [0.05, 0.1) is 40.0 Å². The average Bonchev–Trinajstić information content (AvgIpc) is 3.86. The standard InChI is InChI=1S/C42H82NO9P/c1-6-8-10-12-13-14-15-16-17-18-21-24-28-32-41(44)48-36-38(37-50-53(46,47)49-35-34-43(3,4)5)51-42(45)33-29-25-22-19-20-23-27-31-40-39(52-40)30-26-11-9-7-2/h38-40H,6-37H2,1-5H3. The van der Waals surface area contributed by atoms with Crippen molar-refractivity contribution < 1.29 is 46.8 Å². The molecule has 0 aromatic rings. The van der Waals surface area contributed by atoms with Crippen molar-refractivity contribution >= 4 is 19.8 Å². The number of carbonyl (C=O) groups excluding carboxylic acids is 2. The van der Waals surface area contributed by atoms with Crippen molar-refractivity contribution in [3.05, 3.63) is 0 Å². The van der Waals surface area contributed by atoms with Crippen molar-refractivity contribution in [2.24, 2.45) is 0 Å². The number of rotatable bonds is 39. The first-order valence-corrected chi connectivity index (χ1v) is 23.3. The van der Waals surface area contributed by atoms with Gasteiger partial charge in [-0.3, -0.25) is 14.2 Å². The first-order chi connectivity index (χ1) is 25.5. The van der Waals surface area contributed by atoms with Crippen LogP contribution in [-0.4, -0.2) is 82.2 Å². The summed E-state index contributed by atoms with van der Waals surface area (Å²) in [7, 11) is 1.17. The average molecular weight is 776 g/mol. The van der Waals surface area contributed by atoms with Crippen molar-refractivity contribution in [3.63, 3.8) is 0 Å². The quantitative estimate of drug-likeness (QED) is 0.0197. The molecule has 11 heteroatoms. The lowest BCUT2D eigenvalue weighted by molar-refractivity contribution is -0.870.